The van der Waals surface area contributed by atoms with Gasteiger partial charge in [0.15, 0.2) is 0 Å². The normalized spacial score (nSPS) is 26.2. The van der Waals surface area contributed by atoms with E-state index in [9.17, 15) is 14.0 Å². The Labute approximate surface area is 117 Å². The molecule has 0 bridgehead atoms. The number of hydrogen-bond acceptors (Lipinski definition) is 2. The molecule has 0 spiro atoms. The number of fused-ring (bicyclic) bond motifs is 1. The summed E-state index contributed by atoms with van der Waals surface area (Å²) < 4.78 is 13.9. The van der Waals surface area contributed by atoms with Gasteiger partial charge in [0.1, 0.15) is 5.82 Å². The average Bonchev–Trinajstić information content (AvgIpc) is 2.64. The summed E-state index contributed by atoms with van der Waals surface area (Å²) in [6, 6.07) is 5.94. The van der Waals surface area contributed by atoms with E-state index in [4.69, 9.17) is 0 Å². The smallest absolute Gasteiger partial charge is 0.238 e. The third kappa shape index (κ3) is 1.79. The molecular formula is C16H16FNO2. The van der Waals surface area contributed by atoms with Gasteiger partial charge in [-0.15, -0.1) is 0 Å². The molecule has 1 aliphatic carbocycles. The molecule has 1 heterocycles. The van der Waals surface area contributed by atoms with E-state index in [2.05, 4.69) is 0 Å². The first-order valence-corrected chi connectivity index (χ1v) is 6.78. The number of rotatable bonds is 1. The molecule has 1 saturated heterocycles. The van der Waals surface area contributed by atoms with Crippen molar-refractivity contribution in [1.82, 2.24) is 0 Å². The fourth-order valence-corrected chi connectivity index (χ4v) is 3.12. The van der Waals surface area contributed by atoms with Crippen LogP contribution in [0.2, 0.25) is 0 Å². The van der Waals surface area contributed by atoms with Crippen LogP contribution in [0.15, 0.2) is 35.4 Å². The predicted molar refractivity (Wildman–Crippen MR) is 73.5 cm³/mol. The van der Waals surface area contributed by atoms with Crippen molar-refractivity contribution in [3.05, 3.63) is 41.2 Å². The highest BCUT2D eigenvalue weighted by Crippen LogP contribution is 2.42. The van der Waals surface area contributed by atoms with Crippen LogP contribution in [-0.2, 0) is 9.59 Å². The van der Waals surface area contributed by atoms with Crippen LogP contribution < -0.4 is 4.90 Å². The number of hydrogen-bond donors (Lipinski definition) is 0. The van der Waals surface area contributed by atoms with Gasteiger partial charge in [-0.1, -0.05) is 23.3 Å². The predicted octanol–water partition coefficient (Wildman–Crippen LogP) is 3.06. The summed E-state index contributed by atoms with van der Waals surface area (Å²) in [7, 11) is 0. The number of anilines is 1. The standard InChI is InChI=1S/C16H16FNO2/c1-9-7-11-12(8-10(9)2)16(20)18(15(11)19)14-6-4-3-5-13(14)17/h3-6,11-12H,7-8H2,1-2H3/t11-,12+. The highest BCUT2D eigenvalue weighted by Gasteiger charge is 2.50. The molecule has 2 amide bonds. The Morgan fingerprint density at radius 3 is 2.00 bits per heavy atom. The zero-order valence-corrected chi connectivity index (χ0v) is 11.5. The van der Waals surface area contributed by atoms with E-state index < -0.39 is 5.82 Å². The van der Waals surface area contributed by atoms with Crippen LogP contribution in [-0.4, -0.2) is 11.8 Å². The summed E-state index contributed by atoms with van der Waals surface area (Å²) in [4.78, 5) is 26.0. The van der Waals surface area contributed by atoms with E-state index in [0.29, 0.717) is 12.8 Å². The van der Waals surface area contributed by atoms with E-state index in [1.54, 1.807) is 12.1 Å². The van der Waals surface area contributed by atoms with Gasteiger partial charge in [-0.05, 0) is 38.8 Å². The maximum atomic E-state index is 13.9. The van der Waals surface area contributed by atoms with Crippen molar-refractivity contribution in [2.75, 3.05) is 4.90 Å². The Kier molecular flexibility index (Phi) is 2.96. The lowest BCUT2D eigenvalue weighted by Crippen LogP contribution is -2.31. The molecule has 1 aromatic carbocycles. The van der Waals surface area contributed by atoms with Crippen molar-refractivity contribution < 1.29 is 14.0 Å². The lowest BCUT2D eigenvalue weighted by atomic mass is 9.78. The molecule has 1 fully saturated rings. The zero-order valence-electron chi connectivity index (χ0n) is 11.5. The minimum atomic E-state index is -0.533. The molecule has 2 aliphatic rings. The van der Waals surface area contributed by atoms with E-state index in [-0.39, 0.29) is 29.3 Å². The number of carbonyl (C=O) groups is 2. The fourth-order valence-electron chi connectivity index (χ4n) is 3.12. The molecule has 3 nitrogen and oxygen atoms in total. The van der Waals surface area contributed by atoms with Gasteiger partial charge in [0.2, 0.25) is 11.8 Å². The molecule has 0 N–H and O–H groups in total. The fraction of sp³-hybridized carbons (Fsp3) is 0.375. The van der Waals surface area contributed by atoms with E-state index in [1.165, 1.54) is 23.3 Å². The van der Waals surface area contributed by atoms with E-state index in [0.717, 1.165) is 4.90 Å². The molecule has 104 valence electrons. The second-order valence-corrected chi connectivity index (χ2v) is 5.65. The van der Waals surface area contributed by atoms with Crippen LogP contribution in [0.25, 0.3) is 0 Å². The lowest BCUT2D eigenvalue weighted by Gasteiger charge is -2.23. The third-order valence-corrected chi connectivity index (χ3v) is 4.43. The SMILES string of the molecule is CC1=C(C)C[C@H]2C(=O)N(c3ccccc3F)C(=O)[C@H]2C1. The first-order valence-electron chi connectivity index (χ1n) is 6.78. The van der Waals surface area contributed by atoms with Crippen LogP contribution in [0.5, 0.6) is 0 Å². The molecule has 1 aliphatic heterocycles. The molecule has 0 aromatic heterocycles. The number of amides is 2. The van der Waals surface area contributed by atoms with Crippen molar-refractivity contribution in [1.29, 1.82) is 0 Å². The van der Waals surface area contributed by atoms with Crippen LogP contribution in [0.4, 0.5) is 10.1 Å². The minimum absolute atomic E-state index is 0.0761. The summed E-state index contributed by atoms with van der Waals surface area (Å²) in [6.45, 7) is 3.99. The quantitative estimate of drug-likeness (QED) is 0.582. The van der Waals surface area contributed by atoms with Crippen molar-refractivity contribution in [2.45, 2.75) is 26.7 Å². The van der Waals surface area contributed by atoms with Gasteiger partial charge in [0.25, 0.3) is 0 Å². The van der Waals surface area contributed by atoms with Crippen molar-refractivity contribution in [3.63, 3.8) is 0 Å². The Bertz CT molecular complexity index is 603. The molecule has 0 saturated carbocycles. The van der Waals surface area contributed by atoms with Crippen molar-refractivity contribution in [2.24, 2.45) is 11.8 Å². The summed E-state index contributed by atoms with van der Waals surface area (Å²) in [5, 5.41) is 0. The molecule has 4 heteroatoms. The zero-order chi connectivity index (χ0) is 14.4. The second-order valence-electron chi connectivity index (χ2n) is 5.65. The first-order chi connectivity index (χ1) is 9.50. The Morgan fingerprint density at radius 2 is 1.50 bits per heavy atom. The number of nitrogens with zero attached hydrogens (tertiary/aromatic N) is 1. The van der Waals surface area contributed by atoms with Gasteiger partial charge in [-0.2, -0.15) is 0 Å². The molecule has 2 atom stereocenters. The molecular weight excluding hydrogens is 257 g/mol. The summed E-state index contributed by atoms with van der Waals surface area (Å²) >= 11 is 0. The van der Waals surface area contributed by atoms with Gasteiger partial charge < -0.3 is 0 Å². The van der Waals surface area contributed by atoms with Gasteiger partial charge in [-0.25, -0.2) is 9.29 Å². The first kappa shape index (κ1) is 13.0. The summed E-state index contributed by atoms with van der Waals surface area (Å²) in [6.07, 6.45) is 1.21. The van der Waals surface area contributed by atoms with Crippen molar-refractivity contribution >= 4 is 17.5 Å². The van der Waals surface area contributed by atoms with Crippen LogP contribution >= 0.6 is 0 Å². The molecule has 20 heavy (non-hydrogen) atoms. The molecule has 3 rings (SSSR count). The summed E-state index contributed by atoms with van der Waals surface area (Å²) in [5.41, 5.74) is 2.41. The Balaban J connectivity index is 2.00. The summed E-state index contributed by atoms with van der Waals surface area (Å²) in [5.74, 6) is -1.72. The van der Waals surface area contributed by atoms with Crippen LogP contribution in [0.3, 0.4) is 0 Å². The highest BCUT2D eigenvalue weighted by atomic mass is 19.1. The third-order valence-electron chi connectivity index (χ3n) is 4.43. The van der Waals surface area contributed by atoms with Crippen molar-refractivity contribution in [3.8, 4) is 0 Å². The molecule has 0 radical (unpaired) electrons. The highest BCUT2D eigenvalue weighted by molar-refractivity contribution is 6.22. The average molecular weight is 273 g/mol. The maximum absolute atomic E-state index is 13.9. The lowest BCUT2D eigenvalue weighted by molar-refractivity contribution is -0.122. The number of benzene rings is 1. The number of imide groups is 1. The number of carbonyl (C=O) groups excluding carboxylic acids is 2. The number of allylic oxidation sites excluding steroid dienone is 2. The monoisotopic (exact) mass is 273 g/mol. The number of halogens is 1. The van der Waals surface area contributed by atoms with Gasteiger partial charge in [0.05, 0.1) is 17.5 Å². The van der Waals surface area contributed by atoms with Gasteiger partial charge in [0, 0.05) is 0 Å². The van der Waals surface area contributed by atoms with Crippen LogP contribution in [0.1, 0.15) is 26.7 Å². The second kappa shape index (κ2) is 4.54. The number of para-hydroxylation sites is 1. The molecule has 0 unspecified atom stereocenters. The van der Waals surface area contributed by atoms with E-state index in [1.807, 2.05) is 13.8 Å². The van der Waals surface area contributed by atoms with Gasteiger partial charge in [-0.3, -0.25) is 9.59 Å². The molecule has 1 aromatic rings. The minimum Gasteiger partial charge on any atom is -0.274 e. The van der Waals surface area contributed by atoms with E-state index >= 15 is 0 Å². The topological polar surface area (TPSA) is 37.4 Å². The largest absolute Gasteiger partial charge is 0.274 e. The maximum Gasteiger partial charge on any atom is 0.238 e. The Morgan fingerprint density at radius 1 is 1.00 bits per heavy atom. The van der Waals surface area contributed by atoms with Crippen LogP contribution in [0, 0.1) is 17.7 Å². The Hall–Kier alpha value is -1.97. The van der Waals surface area contributed by atoms with Gasteiger partial charge >= 0.3 is 0 Å².